The van der Waals surface area contributed by atoms with Crippen LogP contribution in [0.15, 0.2) is 4.99 Å². The number of nitrogens with one attached hydrogen (secondary N) is 1. The fraction of sp³-hybridized carbons (Fsp3) is 0.750. The van der Waals surface area contributed by atoms with E-state index >= 15 is 0 Å². The van der Waals surface area contributed by atoms with Crippen molar-refractivity contribution in [1.82, 2.24) is 5.32 Å². The first kappa shape index (κ1) is 9.03. The predicted octanol–water partition coefficient (Wildman–Crippen LogP) is 0.489. The van der Waals surface area contributed by atoms with Crippen molar-refractivity contribution < 1.29 is 9.90 Å². The molecule has 0 aliphatic carbocycles. The van der Waals surface area contributed by atoms with Crippen molar-refractivity contribution in [3.8, 4) is 0 Å². The molecule has 4 heteroatoms. The summed E-state index contributed by atoms with van der Waals surface area (Å²) < 4.78 is 0. The van der Waals surface area contributed by atoms with Crippen molar-refractivity contribution in [2.24, 2.45) is 10.9 Å². The van der Waals surface area contributed by atoms with Crippen LogP contribution in [0.2, 0.25) is 0 Å². The van der Waals surface area contributed by atoms with E-state index in [1.54, 1.807) is 0 Å². The third-order valence-corrected chi connectivity index (χ3v) is 1.89. The molecule has 0 spiro atoms. The number of hydrogen-bond acceptors (Lipinski definition) is 3. The molecule has 1 unspecified atom stereocenters. The van der Waals surface area contributed by atoms with Crippen LogP contribution in [0, 0.1) is 5.92 Å². The molecule has 0 aromatic rings. The monoisotopic (exact) mass is 170 g/mol. The molecule has 12 heavy (non-hydrogen) atoms. The number of carbonyl (C=O) groups is 1. The van der Waals surface area contributed by atoms with Crippen molar-refractivity contribution >= 4 is 11.8 Å². The largest absolute Gasteiger partial charge is 0.481 e. The summed E-state index contributed by atoms with van der Waals surface area (Å²) in [6.07, 6.45) is 1.97. The van der Waals surface area contributed by atoms with Gasteiger partial charge in [0.05, 0.1) is 18.3 Å². The van der Waals surface area contributed by atoms with Gasteiger partial charge in [-0.25, -0.2) is 0 Å². The molecule has 1 rings (SSSR count). The van der Waals surface area contributed by atoms with Gasteiger partial charge >= 0.3 is 5.97 Å². The molecule has 1 atom stereocenters. The van der Waals surface area contributed by atoms with E-state index in [4.69, 9.17) is 5.11 Å². The molecule has 0 aromatic heterocycles. The molecule has 1 aliphatic heterocycles. The molecule has 1 heterocycles. The minimum atomic E-state index is -0.762. The third-order valence-electron chi connectivity index (χ3n) is 1.89. The van der Waals surface area contributed by atoms with Crippen molar-refractivity contribution in [3.63, 3.8) is 0 Å². The summed E-state index contributed by atoms with van der Waals surface area (Å²) in [6, 6.07) is 0. The Labute approximate surface area is 71.7 Å². The minimum absolute atomic E-state index is 0.342. The number of aliphatic imine (C=N–C) groups is 1. The number of hydrogen-bond donors (Lipinski definition) is 2. The zero-order valence-corrected chi connectivity index (χ0v) is 7.21. The molecule has 0 bridgehead atoms. The van der Waals surface area contributed by atoms with E-state index in [-0.39, 0.29) is 5.92 Å². The molecule has 0 amide bonds. The standard InChI is InChI=1S/C8H14N2O2/c1-2-3-7-9-4-6(5-10-7)8(11)12/h6H,2-5H2,1H3,(H,9,10)(H,11,12). The molecular weight excluding hydrogens is 156 g/mol. The van der Waals surface area contributed by atoms with Gasteiger partial charge < -0.3 is 10.4 Å². The number of carboxylic acids is 1. The topological polar surface area (TPSA) is 61.7 Å². The highest BCUT2D eigenvalue weighted by molar-refractivity contribution is 5.84. The normalized spacial score (nSPS) is 22.8. The van der Waals surface area contributed by atoms with Crippen molar-refractivity contribution in [1.29, 1.82) is 0 Å². The molecule has 0 saturated heterocycles. The lowest BCUT2D eigenvalue weighted by molar-refractivity contribution is -0.141. The SMILES string of the molecule is CCCC1=NCC(C(=O)O)CN1. The van der Waals surface area contributed by atoms with E-state index in [2.05, 4.69) is 17.2 Å². The van der Waals surface area contributed by atoms with Gasteiger partial charge in [-0.2, -0.15) is 0 Å². The van der Waals surface area contributed by atoms with Crippen molar-refractivity contribution in [3.05, 3.63) is 0 Å². The van der Waals surface area contributed by atoms with Crippen LogP contribution in [0.3, 0.4) is 0 Å². The van der Waals surface area contributed by atoms with E-state index in [1.807, 2.05) is 0 Å². The molecule has 68 valence electrons. The molecule has 0 fully saturated rings. The lowest BCUT2D eigenvalue weighted by atomic mass is 10.1. The van der Waals surface area contributed by atoms with Gasteiger partial charge in [-0.1, -0.05) is 6.92 Å². The Morgan fingerprint density at radius 3 is 3.00 bits per heavy atom. The Kier molecular flexibility index (Phi) is 3.08. The van der Waals surface area contributed by atoms with Gasteiger partial charge in [0, 0.05) is 13.0 Å². The number of amidine groups is 1. The third kappa shape index (κ3) is 2.22. The second-order valence-electron chi connectivity index (χ2n) is 2.95. The molecular formula is C8H14N2O2. The molecule has 4 nitrogen and oxygen atoms in total. The fourth-order valence-electron chi connectivity index (χ4n) is 1.15. The highest BCUT2D eigenvalue weighted by Gasteiger charge is 2.20. The van der Waals surface area contributed by atoms with Gasteiger partial charge in [0.1, 0.15) is 0 Å². The summed E-state index contributed by atoms with van der Waals surface area (Å²) in [7, 11) is 0. The van der Waals surface area contributed by atoms with Crippen LogP contribution in [0.25, 0.3) is 0 Å². The second-order valence-corrected chi connectivity index (χ2v) is 2.95. The van der Waals surface area contributed by atoms with Crippen LogP contribution in [0.5, 0.6) is 0 Å². The van der Waals surface area contributed by atoms with Crippen LogP contribution >= 0.6 is 0 Å². The Morgan fingerprint density at radius 1 is 1.83 bits per heavy atom. The molecule has 1 aliphatic rings. The lowest BCUT2D eigenvalue weighted by Crippen LogP contribution is -2.39. The van der Waals surface area contributed by atoms with Crippen molar-refractivity contribution in [2.75, 3.05) is 13.1 Å². The summed E-state index contributed by atoms with van der Waals surface area (Å²) in [4.78, 5) is 14.7. The van der Waals surface area contributed by atoms with Gasteiger partial charge in [-0.3, -0.25) is 9.79 Å². The van der Waals surface area contributed by atoms with Gasteiger partial charge in [0.2, 0.25) is 0 Å². The van der Waals surface area contributed by atoms with E-state index in [9.17, 15) is 4.79 Å². The minimum Gasteiger partial charge on any atom is -0.481 e. The number of carboxylic acid groups (broad SMARTS) is 1. The summed E-state index contributed by atoms with van der Waals surface area (Å²) in [5.41, 5.74) is 0. The highest BCUT2D eigenvalue weighted by atomic mass is 16.4. The van der Waals surface area contributed by atoms with Crippen LogP contribution in [-0.2, 0) is 4.79 Å². The molecule has 0 radical (unpaired) electrons. The zero-order chi connectivity index (χ0) is 8.97. The van der Waals surface area contributed by atoms with Gasteiger partial charge in [-0.05, 0) is 6.42 Å². The maximum atomic E-state index is 10.5. The van der Waals surface area contributed by atoms with Crippen LogP contribution < -0.4 is 5.32 Å². The van der Waals surface area contributed by atoms with E-state index in [0.29, 0.717) is 13.1 Å². The summed E-state index contributed by atoms with van der Waals surface area (Å²) in [5, 5.41) is 11.7. The maximum absolute atomic E-state index is 10.5. The second kappa shape index (κ2) is 4.09. The first-order chi connectivity index (χ1) is 5.74. The number of nitrogens with zero attached hydrogens (tertiary/aromatic N) is 1. The lowest BCUT2D eigenvalue weighted by Gasteiger charge is -2.19. The fourth-order valence-corrected chi connectivity index (χ4v) is 1.15. The molecule has 0 aromatic carbocycles. The number of aliphatic carboxylic acids is 1. The summed E-state index contributed by atoms with van der Waals surface area (Å²) in [5.74, 6) is -0.151. The summed E-state index contributed by atoms with van der Waals surface area (Å²) >= 11 is 0. The quantitative estimate of drug-likeness (QED) is 0.648. The van der Waals surface area contributed by atoms with E-state index in [1.165, 1.54) is 0 Å². The highest BCUT2D eigenvalue weighted by Crippen LogP contribution is 2.03. The van der Waals surface area contributed by atoms with Gasteiger partial charge in [0.25, 0.3) is 0 Å². The van der Waals surface area contributed by atoms with Crippen LogP contribution in [0.4, 0.5) is 0 Å². The summed E-state index contributed by atoms with van der Waals surface area (Å²) in [6.45, 7) is 3.03. The molecule has 2 N–H and O–H groups in total. The van der Waals surface area contributed by atoms with Gasteiger partial charge in [0.15, 0.2) is 0 Å². The molecule has 0 saturated carbocycles. The Hall–Kier alpha value is -1.06. The number of rotatable bonds is 3. The van der Waals surface area contributed by atoms with Gasteiger partial charge in [-0.15, -0.1) is 0 Å². The van der Waals surface area contributed by atoms with Crippen LogP contribution in [0.1, 0.15) is 19.8 Å². The predicted molar refractivity (Wildman–Crippen MR) is 46.3 cm³/mol. The average Bonchev–Trinajstić information content (AvgIpc) is 2.06. The Balaban J connectivity index is 2.42. The first-order valence-corrected chi connectivity index (χ1v) is 4.24. The van der Waals surface area contributed by atoms with Crippen molar-refractivity contribution in [2.45, 2.75) is 19.8 Å². The Bertz CT molecular complexity index is 201. The van der Waals surface area contributed by atoms with E-state index in [0.717, 1.165) is 18.7 Å². The first-order valence-electron chi connectivity index (χ1n) is 4.24. The van der Waals surface area contributed by atoms with Crippen LogP contribution in [-0.4, -0.2) is 30.0 Å². The zero-order valence-electron chi connectivity index (χ0n) is 7.21. The maximum Gasteiger partial charge on any atom is 0.310 e. The Morgan fingerprint density at radius 2 is 2.58 bits per heavy atom. The average molecular weight is 170 g/mol. The smallest absolute Gasteiger partial charge is 0.310 e. The van der Waals surface area contributed by atoms with E-state index < -0.39 is 5.97 Å².